The molecule has 0 aromatic heterocycles. The Morgan fingerprint density at radius 3 is 1.97 bits per heavy atom. The number of nitrogens with one attached hydrogen (secondary N) is 4. The Balaban J connectivity index is 2.99. The third kappa shape index (κ3) is 10.6. The van der Waals surface area contributed by atoms with Gasteiger partial charge in [-0.2, -0.15) is 0 Å². The van der Waals surface area contributed by atoms with E-state index < -0.39 is 35.5 Å². The number of ketones is 1. The van der Waals surface area contributed by atoms with Gasteiger partial charge >= 0.3 is 0 Å². The summed E-state index contributed by atoms with van der Waals surface area (Å²) >= 11 is 0. The van der Waals surface area contributed by atoms with Gasteiger partial charge in [0.2, 0.25) is 23.6 Å². The van der Waals surface area contributed by atoms with Gasteiger partial charge in [-0.05, 0) is 38.0 Å². The fourth-order valence-electron chi connectivity index (χ4n) is 3.84. The van der Waals surface area contributed by atoms with Gasteiger partial charge in [-0.15, -0.1) is 0 Å². The maximum Gasteiger partial charge on any atom is 0.243 e. The van der Waals surface area contributed by atoms with E-state index in [1.54, 1.807) is 6.92 Å². The molecule has 1 aliphatic heterocycles. The van der Waals surface area contributed by atoms with Crippen molar-refractivity contribution in [1.82, 2.24) is 21.3 Å². The lowest BCUT2D eigenvalue weighted by molar-refractivity contribution is -0.135. The lowest BCUT2D eigenvalue weighted by Gasteiger charge is -2.27. The normalized spacial score (nSPS) is 19.2. The van der Waals surface area contributed by atoms with Crippen molar-refractivity contribution in [3.8, 4) is 0 Å². The molecule has 4 amide bonds. The van der Waals surface area contributed by atoms with E-state index in [0.717, 1.165) is 19.3 Å². The van der Waals surface area contributed by atoms with Gasteiger partial charge in [0, 0.05) is 19.9 Å². The summed E-state index contributed by atoms with van der Waals surface area (Å²) in [5.41, 5.74) is -0.904. The van der Waals surface area contributed by atoms with Gasteiger partial charge in [0.05, 0.1) is 12.6 Å². The molecule has 0 spiro atoms. The number of ether oxygens (including phenoxy) is 1. The third-order valence-electron chi connectivity index (χ3n) is 6.28. The van der Waals surface area contributed by atoms with Crippen LogP contribution < -0.4 is 21.3 Å². The Morgan fingerprint density at radius 2 is 1.47 bits per heavy atom. The van der Waals surface area contributed by atoms with E-state index in [2.05, 4.69) is 21.3 Å². The van der Waals surface area contributed by atoms with Gasteiger partial charge in [-0.1, -0.05) is 47.5 Å². The van der Waals surface area contributed by atoms with Crippen LogP contribution >= 0.6 is 0 Å². The first-order valence-corrected chi connectivity index (χ1v) is 13.1. The van der Waals surface area contributed by atoms with E-state index in [-0.39, 0.29) is 42.3 Å². The molecule has 4 atom stereocenters. The minimum Gasteiger partial charge on any atom is -0.361 e. The van der Waals surface area contributed by atoms with Crippen molar-refractivity contribution in [2.24, 2.45) is 11.8 Å². The van der Waals surface area contributed by atoms with E-state index in [4.69, 9.17) is 4.74 Å². The Kier molecular flexibility index (Phi) is 13.1. The van der Waals surface area contributed by atoms with Crippen molar-refractivity contribution in [2.45, 2.75) is 110 Å². The largest absolute Gasteiger partial charge is 0.361 e. The average Bonchev–Trinajstić information content (AvgIpc) is 3.56. The Morgan fingerprint density at radius 1 is 0.861 bits per heavy atom. The summed E-state index contributed by atoms with van der Waals surface area (Å²) in [6.07, 6.45) is 3.44. The van der Waals surface area contributed by atoms with Gasteiger partial charge in [-0.25, -0.2) is 0 Å². The zero-order valence-electron chi connectivity index (χ0n) is 23.0. The lowest BCUT2D eigenvalue weighted by atomic mass is 9.93. The van der Waals surface area contributed by atoms with Crippen LogP contribution in [-0.4, -0.2) is 66.8 Å². The monoisotopic (exact) mass is 510 g/mol. The SMILES string of the molecule is CCCCCC(=O)N[C@H](C(=O)N[C@@H](CCC(=O)NC)C(=O)NC(CC(C)C)C(=O)[C@@]1(C)CO1)C(C)C. The van der Waals surface area contributed by atoms with Crippen LogP contribution in [0, 0.1) is 11.8 Å². The summed E-state index contributed by atoms with van der Waals surface area (Å²) in [5, 5.41) is 10.8. The predicted octanol–water partition coefficient (Wildman–Crippen LogP) is 1.61. The minimum atomic E-state index is -1.05. The van der Waals surface area contributed by atoms with E-state index in [0.29, 0.717) is 19.4 Å². The van der Waals surface area contributed by atoms with Crippen LogP contribution in [-0.2, 0) is 28.7 Å². The first-order chi connectivity index (χ1) is 16.8. The number of rotatable bonds is 17. The zero-order valence-corrected chi connectivity index (χ0v) is 23.0. The molecule has 10 heteroatoms. The number of hydrogen-bond donors (Lipinski definition) is 4. The second kappa shape index (κ2) is 14.9. The molecular formula is C26H46N4O6. The molecule has 0 saturated carbocycles. The summed E-state index contributed by atoms with van der Waals surface area (Å²) in [7, 11) is 1.49. The number of epoxide rings is 1. The van der Waals surface area contributed by atoms with Crippen molar-refractivity contribution in [2.75, 3.05) is 13.7 Å². The summed E-state index contributed by atoms with van der Waals surface area (Å²) in [5.74, 6) is -1.84. The molecule has 0 radical (unpaired) electrons. The first kappa shape index (κ1) is 31.5. The van der Waals surface area contributed by atoms with Crippen molar-refractivity contribution >= 4 is 29.4 Å². The molecule has 1 fully saturated rings. The topological polar surface area (TPSA) is 146 Å². The number of carbonyl (C=O) groups is 5. The average molecular weight is 511 g/mol. The van der Waals surface area contributed by atoms with Crippen LogP contribution in [0.15, 0.2) is 0 Å². The summed E-state index contributed by atoms with van der Waals surface area (Å²) in [4.78, 5) is 63.6. The standard InChI is InChI=1S/C26H46N4O6/c1-8-9-10-11-21(32)30-22(17(4)5)25(35)28-18(12-13-20(31)27-7)24(34)29-19(14-16(2)3)23(33)26(6)15-36-26/h16-19,22H,8-15H2,1-7H3,(H,27,31)(H,28,35)(H,29,34)(H,30,32)/t18-,19?,22-,26+/m0/s1. The highest BCUT2D eigenvalue weighted by Gasteiger charge is 2.50. The van der Waals surface area contributed by atoms with E-state index in [9.17, 15) is 24.0 Å². The first-order valence-electron chi connectivity index (χ1n) is 13.1. The number of carbonyl (C=O) groups excluding carboxylic acids is 5. The fourth-order valence-corrected chi connectivity index (χ4v) is 3.84. The van der Waals surface area contributed by atoms with Crippen LogP contribution in [0.25, 0.3) is 0 Å². The molecule has 206 valence electrons. The molecule has 0 aromatic rings. The number of Topliss-reactive ketones (excluding diaryl/α,β-unsaturated/α-hetero) is 1. The molecular weight excluding hydrogens is 464 g/mol. The van der Waals surface area contributed by atoms with Crippen molar-refractivity contribution in [3.63, 3.8) is 0 Å². The summed E-state index contributed by atoms with van der Waals surface area (Å²) in [6.45, 7) is 11.6. The molecule has 0 aliphatic carbocycles. The van der Waals surface area contributed by atoms with Crippen LogP contribution in [0.2, 0.25) is 0 Å². The quantitative estimate of drug-likeness (QED) is 0.173. The third-order valence-corrected chi connectivity index (χ3v) is 6.28. The molecule has 36 heavy (non-hydrogen) atoms. The number of unbranched alkanes of at least 4 members (excludes halogenated alkanes) is 2. The molecule has 1 aliphatic rings. The van der Waals surface area contributed by atoms with Crippen molar-refractivity contribution < 1.29 is 28.7 Å². The molecule has 1 saturated heterocycles. The highest BCUT2D eigenvalue weighted by Crippen LogP contribution is 2.29. The summed E-state index contributed by atoms with van der Waals surface area (Å²) < 4.78 is 5.29. The molecule has 10 nitrogen and oxygen atoms in total. The number of amides is 4. The Hall–Kier alpha value is -2.49. The number of hydrogen-bond acceptors (Lipinski definition) is 6. The van der Waals surface area contributed by atoms with Crippen molar-refractivity contribution in [1.29, 1.82) is 0 Å². The van der Waals surface area contributed by atoms with Gasteiger partial charge in [0.15, 0.2) is 5.78 Å². The van der Waals surface area contributed by atoms with Gasteiger partial charge in [0.1, 0.15) is 17.7 Å². The lowest BCUT2D eigenvalue weighted by Crippen LogP contribution is -2.57. The smallest absolute Gasteiger partial charge is 0.243 e. The molecule has 1 unspecified atom stereocenters. The molecule has 0 aromatic carbocycles. The van der Waals surface area contributed by atoms with Crippen LogP contribution in [0.3, 0.4) is 0 Å². The van der Waals surface area contributed by atoms with Gasteiger partial charge in [0.25, 0.3) is 0 Å². The van der Waals surface area contributed by atoms with Crippen LogP contribution in [0.4, 0.5) is 0 Å². The Labute approximate surface area is 215 Å². The van der Waals surface area contributed by atoms with Gasteiger partial charge in [-0.3, -0.25) is 24.0 Å². The van der Waals surface area contributed by atoms with Crippen LogP contribution in [0.1, 0.15) is 86.5 Å². The second-order valence-electron chi connectivity index (χ2n) is 10.6. The molecule has 1 rings (SSSR count). The van der Waals surface area contributed by atoms with Crippen LogP contribution in [0.5, 0.6) is 0 Å². The van der Waals surface area contributed by atoms with Gasteiger partial charge < -0.3 is 26.0 Å². The summed E-state index contributed by atoms with van der Waals surface area (Å²) in [6, 6.07) is -2.66. The van der Waals surface area contributed by atoms with E-state index >= 15 is 0 Å². The Bertz CT molecular complexity index is 778. The zero-order chi connectivity index (χ0) is 27.5. The minimum absolute atomic E-state index is 0.00814. The fraction of sp³-hybridized carbons (Fsp3) is 0.808. The second-order valence-corrected chi connectivity index (χ2v) is 10.6. The van der Waals surface area contributed by atoms with Crippen molar-refractivity contribution in [3.05, 3.63) is 0 Å². The molecule has 4 N–H and O–H groups in total. The molecule has 0 bridgehead atoms. The maximum absolute atomic E-state index is 13.3. The maximum atomic E-state index is 13.3. The molecule has 1 heterocycles. The predicted molar refractivity (Wildman–Crippen MR) is 137 cm³/mol. The van der Waals surface area contributed by atoms with E-state index in [1.165, 1.54) is 7.05 Å². The highest BCUT2D eigenvalue weighted by molar-refractivity contribution is 5.98. The highest BCUT2D eigenvalue weighted by atomic mass is 16.6. The van der Waals surface area contributed by atoms with E-state index in [1.807, 2.05) is 34.6 Å².